The van der Waals surface area contributed by atoms with Gasteiger partial charge in [0.1, 0.15) is 5.82 Å². The number of rotatable bonds is 11. The fourth-order valence-corrected chi connectivity index (χ4v) is 11.3. The largest absolute Gasteiger partial charge is 0.509 e. The summed E-state index contributed by atoms with van der Waals surface area (Å²) in [6, 6.07) is 77.9. The van der Waals surface area contributed by atoms with Gasteiger partial charge in [-0.3, -0.25) is 0 Å². The third kappa shape index (κ3) is 10.7. The summed E-state index contributed by atoms with van der Waals surface area (Å²) in [5.41, 5.74) is 15.5. The van der Waals surface area contributed by atoms with E-state index in [0.717, 1.165) is 55.8 Å². The third-order valence-electron chi connectivity index (χ3n) is 16.1. The van der Waals surface area contributed by atoms with Crippen LogP contribution in [0, 0.1) is 18.8 Å². The number of nitrogens with zero attached hydrogens (tertiary/aromatic N) is 4. The van der Waals surface area contributed by atoms with E-state index >= 15 is 0 Å². The number of hydrogen-bond donors (Lipinski definition) is 0. The molecule has 0 radical (unpaired) electrons. The smallest absolute Gasteiger partial charge is 0.135 e. The molecule has 1 aliphatic heterocycles. The molecule has 10 aromatic rings. The second kappa shape index (κ2) is 21.2. The van der Waals surface area contributed by atoms with Crippen molar-refractivity contribution in [2.24, 2.45) is 0 Å². The van der Waals surface area contributed by atoms with E-state index in [0.29, 0.717) is 11.5 Å². The number of allylic oxidation sites excluding steroid dienone is 2. The number of pyridine rings is 1. The van der Waals surface area contributed by atoms with Gasteiger partial charge >= 0.3 is 0 Å². The Bertz CT molecular complexity index is 3890. The molecule has 0 aliphatic carbocycles. The van der Waals surface area contributed by atoms with Crippen LogP contribution in [0.5, 0.6) is 11.5 Å². The van der Waals surface area contributed by atoms with E-state index in [2.05, 4.69) is 317 Å². The van der Waals surface area contributed by atoms with Crippen molar-refractivity contribution in [1.29, 1.82) is 0 Å². The van der Waals surface area contributed by atoms with Gasteiger partial charge in [0.15, 0.2) is 0 Å². The van der Waals surface area contributed by atoms with Crippen molar-refractivity contribution in [3.63, 3.8) is 0 Å². The van der Waals surface area contributed by atoms with Crippen molar-refractivity contribution in [2.75, 3.05) is 9.80 Å². The molecule has 5 nitrogen and oxygen atoms in total. The van der Waals surface area contributed by atoms with Crippen molar-refractivity contribution >= 4 is 33.2 Å². The van der Waals surface area contributed by atoms with Gasteiger partial charge in [0.05, 0.1) is 0 Å². The monoisotopic (exact) mass is 1230 g/mol. The van der Waals surface area contributed by atoms with Gasteiger partial charge in [-0.2, -0.15) is 6.07 Å². The molecule has 0 fully saturated rings. The average Bonchev–Trinajstić information content (AvgIpc) is 4.24. The molecule has 0 saturated carbocycles. The van der Waals surface area contributed by atoms with Crippen LogP contribution in [0.4, 0.5) is 11.4 Å². The molecule has 80 heavy (non-hydrogen) atoms. The normalized spacial score (nSPS) is 13.6. The number of hydrogen-bond acceptors (Lipinski definition) is 4. The molecule has 1 aliphatic rings. The second-order valence-electron chi connectivity index (χ2n) is 25.6. The topological polar surface area (TPSA) is 33.5 Å². The molecule has 0 unspecified atom stereocenters. The maximum absolute atomic E-state index is 7.16. The zero-order chi connectivity index (χ0) is 55.6. The molecule has 0 amide bonds. The predicted molar refractivity (Wildman–Crippen MR) is 331 cm³/mol. The summed E-state index contributed by atoms with van der Waals surface area (Å²) in [4.78, 5) is 9.90. The molecule has 8 aromatic carbocycles. The fraction of sp³-hybridized carbons (Fsp3) is 0.243. The number of aromatic nitrogens is 2. The van der Waals surface area contributed by atoms with Gasteiger partial charge in [0, 0.05) is 72.2 Å². The van der Waals surface area contributed by atoms with Gasteiger partial charge in [-0.1, -0.05) is 235 Å². The van der Waals surface area contributed by atoms with Crippen LogP contribution in [-0.4, -0.2) is 9.55 Å². The van der Waals surface area contributed by atoms with Gasteiger partial charge in [-0.05, 0) is 96.5 Å². The van der Waals surface area contributed by atoms with Gasteiger partial charge in [0.25, 0.3) is 0 Å². The first-order chi connectivity index (χ1) is 37.6. The number of anilines is 2. The minimum atomic E-state index is -0.519. The van der Waals surface area contributed by atoms with Gasteiger partial charge in [0.2, 0.25) is 0 Å². The Morgan fingerprint density at radius 2 is 0.950 bits per heavy atom. The van der Waals surface area contributed by atoms with Crippen LogP contribution < -0.4 is 14.5 Å². The molecule has 0 N–H and O–H groups in total. The number of benzene rings is 8. The Morgan fingerprint density at radius 1 is 0.412 bits per heavy atom. The first-order valence-electron chi connectivity index (χ1n) is 27.8. The molecular formula is C74H73N4OPt-3. The Labute approximate surface area is 490 Å². The van der Waals surface area contributed by atoms with Crippen LogP contribution in [0.25, 0.3) is 49.9 Å². The van der Waals surface area contributed by atoms with Crippen LogP contribution >= 0.6 is 0 Å². The summed E-state index contributed by atoms with van der Waals surface area (Å²) in [6.45, 7) is 32.3. The summed E-state index contributed by atoms with van der Waals surface area (Å²) in [7, 11) is 0. The molecule has 3 heterocycles. The van der Waals surface area contributed by atoms with Crippen LogP contribution in [0.1, 0.15) is 118 Å². The van der Waals surface area contributed by atoms with E-state index in [4.69, 9.17) is 9.72 Å². The number of fused-ring (bicyclic) bond motifs is 3. The zero-order valence-corrected chi connectivity index (χ0v) is 50.9. The van der Waals surface area contributed by atoms with Crippen molar-refractivity contribution in [3.05, 3.63) is 258 Å². The quantitative estimate of drug-likeness (QED) is 0.121. The number of ether oxygens (including phenoxy) is 1. The maximum Gasteiger partial charge on any atom is 0.135 e. The molecule has 0 spiro atoms. The first kappa shape index (κ1) is 55.8. The zero-order valence-electron chi connectivity index (χ0n) is 48.6. The van der Waals surface area contributed by atoms with Crippen LogP contribution in [0.2, 0.25) is 0 Å². The summed E-state index contributed by atoms with van der Waals surface area (Å²) in [5.74, 6) is 2.03. The predicted octanol–water partition coefficient (Wildman–Crippen LogP) is 19.4. The molecule has 0 bridgehead atoms. The summed E-state index contributed by atoms with van der Waals surface area (Å²) in [6.07, 6.45) is 1.93. The minimum Gasteiger partial charge on any atom is -0.509 e. The molecule has 2 aromatic heterocycles. The Kier molecular flexibility index (Phi) is 14.8. The van der Waals surface area contributed by atoms with Crippen molar-refractivity contribution in [2.45, 2.75) is 117 Å². The van der Waals surface area contributed by atoms with E-state index in [9.17, 15) is 0 Å². The molecule has 6 heteroatoms. The van der Waals surface area contributed by atoms with Crippen molar-refractivity contribution < 1.29 is 25.8 Å². The van der Waals surface area contributed by atoms with Gasteiger partial charge < -0.3 is 19.1 Å². The standard InChI is InChI=1S/C74H73N4O.Pt/c1-70(2,3)56-38-39-75-67(46-56)78-65-37-34-52(50-26-18-14-19-27-50)42-64(65)63-36-35-61(48-66(63)78)79-62-45-58(72(7,8)9)44-60(47-62)77-49-76(59-41-53(51-28-20-15-21-29-51)40-57(43-59)71(4,5)6)68(73(10,11)54-30-22-16-23-31-54)69(77)74(12,13)55-32-24-17-25-33-55;/h14-46,49H,1-13H3;/q-3;. The molecule has 0 saturated heterocycles. The van der Waals surface area contributed by atoms with Crippen molar-refractivity contribution in [1.82, 2.24) is 9.55 Å². The summed E-state index contributed by atoms with van der Waals surface area (Å²) in [5, 5.41) is 2.19. The van der Waals surface area contributed by atoms with Crippen LogP contribution in [0.15, 0.2) is 212 Å². The SMILES string of the molecule is CC(C)(C)c1cc(Oc2[c-]c3c(cc2)c2cc(-c4ccccc4)ccc2n3-c2cc(C(C)(C)C)ccn2)[c-]c(N2[CH-]N(c3cc(-c4ccccc4)cc(C(C)(C)C)c3)C(C(C)(C)c3ccccc3)=C2C(C)(C)c2ccccc2)c1.[Pt]. The van der Waals surface area contributed by atoms with Gasteiger partial charge in [-0.25, -0.2) is 4.98 Å². The Hall–Kier alpha value is -7.46. The van der Waals surface area contributed by atoms with Crippen molar-refractivity contribution in [3.8, 4) is 39.6 Å². The van der Waals surface area contributed by atoms with E-state index in [1.165, 1.54) is 44.6 Å². The summed E-state index contributed by atoms with van der Waals surface area (Å²) >= 11 is 0. The Balaban J connectivity index is 0.00000720. The Morgan fingerprint density at radius 3 is 1.52 bits per heavy atom. The third-order valence-corrected chi connectivity index (χ3v) is 16.1. The van der Waals surface area contributed by atoms with E-state index in [-0.39, 0.29) is 37.3 Å². The molecule has 0 atom stereocenters. The van der Waals surface area contributed by atoms with Crippen LogP contribution in [0.3, 0.4) is 0 Å². The molecule has 11 rings (SSSR count). The van der Waals surface area contributed by atoms with E-state index < -0.39 is 10.8 Å². The first-order valence-corrected chi connectivity index (χ1v) is 27.8. The average molecular weight is 1230 g/mol. The van der Waals surface area contributed by atoms with Crippen LogP contribution in [-0.2, 0) is 48.1 Å². The molecule has 408 valence electrons. The summed E-state index contributed by atoms with van der Waals surface area (Å²) < 4.78 is 9.41. The van der Waals surface area contributed by atoms with E-state index in [1.807, 2.05) is 6.20 Å². The minimum absolute atomic E-state index is 0. The second-order valence-corrected chi connectivity index (χ2v) is 25.6. The fourth-order valence-electron chi connectivity index (χ4n) is 11.3. The van der Waals surface area contributed by atoms with Gasteiger partial charge in [-0.15, -0.1) is 53.6 Å². The maximum atomic E-state index is 7.16. The van der Waals surface area contributed by atoms with E-state index in [1.54, 1.807) is 0 Å². The molecular weight excluding hydrogens is 1160 g/mol.